The standard InChI is InChI=1S/C10H17NO/c1-11-9-7-2-6-3-10(12,4-7)5-8(6)9/h6-9,11-12H,2-5H2,1H3. The number of aliphatic hydroxyl groups is 1. The second kappa shape index (κ2) is 2.05. The summed E-state index contributed by atoms with van der Waals surface area (Å²) in [6, 6.07) is 0.720. The fraction of sp³-hybridized carbons (Fsp3) is 1.00. The predicted molar refractivity (Wildman–Crippen MR) is 46.7 cm³/mol. The van der Waals surface area contributed by atoms with Crippen molar-refractivity contribution in [2.24, 2.45) is 17.8 Å². The SMILES string of the molecule is CNC1C2CC3CC(O)(C2)CC31. The first kappa shape index (κ1) is 7.34. The first-order valence-corrected chi connectivity index (χ1v) is 5.11. The highest BCUT2D eigenvalue weighted by Gasteiger charge is 2.59. The third kappa shape index (κ3) is 0.728. The van der Waals surface area contributed by atoms with Crippen molar-refractivity contribution in [3.8, 4) is 0 Å². The van der Waals surface area contributed by atoms with Crippen LogP contribution in [0.5, 0.6) is 0 Å². The van der Waals surface area contributed by atoms with Crippen molar-refractivity contribution < 1.29 is 5.11 Å². The van der Waals surface area contributed by atoms with Gasteiger partial charge >= 0.3 is 0 Å². The summed E-state index contributed by atoms with van der Waals surface area (Å²) in [4.78, 5) is 0. The van der Waals surface area contributed by atoms with Gasteiger partial charge in [-0.25, -0.2) is 0 Å². The van der Waals surface area contributed by atoms with Gasteiger partial charge in [-0.1, -0.05) is 0 Å². The van der Waals surface area contributed by atoms with Gasteiger partial charge in [-0.3, -0.25) is 0 Å². The molecule has 12 heavy (non-hydrogen) atoms. The van der Waals surface area contributed by atoms with E-state index in [2.05, 4.69) is 12.4 Å². The van der Waals surface area contributed by atoms with E-state index in [-0.39, 0.29) is 5.60 Å². The van der Waals surface area contributed by atoms with E-state index in [1.54, 1.807) is 0 Å². The molecule has 4 fully saturated rings. The number of nitrogens with one attached hydrogen (secondary N) is 1. The van der Waals surface area contributed by atoms with Crippen LogP contribution in [-0.2, 0) is 0 Å². The van der Waals surface area contributed by atoms with E-state index in [9.17, 15) is 5.11 Å². The molecule has 5 unspecified atom stereocenters. The molecule has 0 heterocycles. The second-order valence-electron chi connectivity index (χ2n) is 5.07. The summed E-state index contributed by atoms with van der Waals surface area (Å²) in [5.74, 6) is 2.41. The van der Waals surface area contributed by atoms with E-state index in [1.165, 1.54) is 6.42 Å². The fourth-order valence-corrected chi connectivity index (χ4v) is 4.21. The molecule has 0 aliphatic heterocycles. The maximum absolute atomic E-state index is 10.1. The summed E-state index contributed by atoms with van der Waals surface area (Å²) in [6.07, 6.45) is 4.59. The van der Waals surface area contributed by atoms with Gasteiger partial charge in [0.2, 0.25) is 0 Å². The van der Waals surface area contributed by atoms with Gasteiger partial charge in [-0.2, -0.15) is 0 Å². The van der Waals surface area contributed by atoms with Crippen molar-refractivity contribution in [2.45, 2.75) is 37.3 Å². The molecule has 4 rings (SSSR count). The maximum Gasteiger partial charge on any atom is 0.0657 e. The summed E-state index contributed by atoms with van der Waals surface area (Å²) in [5.41, 5.74) is -0.244. The first-order valence-electron chi connectivity index (χ1n) is 5.11. The minimum atomic E-state index is -0.244. The van der Waals surface area contributed by atoms with Crippen molar-refractivity contribution in [2.75, 3.05) is 7.05 Å². The van der Waals surface area contributed by atoms with Gasteiger partial charge in [0.25, 0.3) is 0 Å². The van der Waals surface area contributed by atoms with Crippen LogP contribution < -0.4 is 5.32 Å². The molecule has 0 aromatic heterocycles. The molecule has 0 aromatic carbocycles. The van der Waals surface area contributed by atoms with E-state index in [0.717, 1.165) is 43.1 Å². The Labute approximate surface area is 73.4 Å². The Kier molecular flexibility index (Phi) is 1.25. The average molecular weight is 167 g/mol. The highest BCUT2D eigenvalue weighted by atomic mass is 16.3. The fourth-order valence-electron chi connectivity index (χ4n) is 4.21. The van der Waals surface area contributed by atoms with E-state index >= 15 is 0 Å². The lowest BCUT2D eigenvalue weighted by Crippen LogP contribution is -2.44. The van der Waals surface area contributed by atoms with Gasteiger partial charge in [0, 0.05) is 6.04 Å². The number of hydrogen-bond donors (Lipinski definition) is 2. The molecule has 0 spiro atoms. The minimum absolute atomic E-state index is 0.244. The Morgan fingerprint density at radius 1 is 1.25 bits per heavy atom. The summed E-state index contributed by atoms with van der Waals surface area (Å²) in [6.45, 7) is 0. The van der Waals surface area contributed by atoms with Crippen LogP contribution in [0.1, 0.15) is 25.7 Å². The van der Waals surface area contributed by atoms with Crippen LogP contribution in [0.3, 0.4) is 0 Å². The van der Waals surface area contributed by atoms with Crippen LogP contribution in [0.25, 0.3) is 0 Å². The molecule has 4 bridgehead atoms. The molecule has 2 nitrogen and oxygen atoms in total. The topological polar surface area (TPSA) is 32.3 Å². The number of rotatable bonds is 1. The van der Waals surface area contributed by atoms with Crippen molar-refractivity contribution in [1.29, 1.82) is 0 Å². The largest absolute Gasteiger partial charge is 0.390 e. The van der Waals surface area contributed by atoms with Gasteiger partial charge in [0.15, 0.2) is 0 Å². The predicted octanol–water partition coefficient (Wildman–Crippen LogP) is 0.755. The Bertz CT molecular complexity index is 214. The monoisotopic (exact) mass is 167 g/mol. The Hall–Kier alpha value is -0.0800. The summed E-state index contributed by atoms with van der Waals surface area (Å²) >= 11 is 0. The third-order valence-electron chi connectivity index (χ3n) is 4.41. The Balaban J connectivity index is 1.93. The van der Waals surface area contributed by atoms with E-state index < -0.39 is 0 Å². The Morgan fingerprint density at radius 2 is 2.00 bits per heavy atom. The minimum Gasteiger partial charge on any atom is -0.390 e. The van der Waals surface area contributed by atoms with Crippen LogP contribution in [0, 0.1) is 17.8 Å². The maximum atomic E-state index is 10.1. The zero-order valence-corrected chi connectivity index (χ0v) is 7.59. The quantitative estimate of drug-likeness (QED) is 0.604. The van der Waals surface area contributed by atoms with Crippen molar-refractivity contribution in [3.05, 3.63) is 0 Å². The zero-order chi connectivity index (χ0) is 8.34. The average Bonchev–Trinajstić information content (AvgIpc) is 2.35. The second-order valence-corrected chi connectivity index (χ2v) is 5.07. The molecule has 2 heteroatoms. The molecular weight excluding hydrogens is 150 g/mol. The van der Waals surface area contributed by atoms with E-state index in [0.29, 0.717) is 0 Å². The summed E-state index contributed by atoms with van der Waals surface area (Å²) in [7, 11) is 2.07. The normalized spacial score (nSPS) is 61.5. The van der Waals surface area contributed by atoms with Crippen LogP contribution >= 0.6 is 0 Å². The molecule has 5 atom stereocenters. The van der Waals surface area contributed by atoms with Gasteiger partial charge in [0.1, 0.15) is 0 Å². The van der Waals surface area contributed by atoms with Gasteiger partial charge in [0.05, 0.1) is 5.60 Å². The highest BCUT2D eigenvalue weighted by Crippen LogP contribution is 2.59. The molecule has 68 valence electrons. The van der Waals surface area contributed by atoms with Crippen molar-refractivity contribution >= 4 is 0 Å². The lowest BCUT2D eigenvalue weighted by Gasteiger charge is -2.37. The highest BCUT2D eigenvalue weighted by molar-refractivity contribution is 5.12. The molecule has 0 radical (unpaired) electrons. The van der Waals surface area contributed by atoms with E-state index in [1.807, 2.05) is 0 Å². The lowest BCUT2D eigenvalue weighted by atomic mass is 9.76. The first-order chi connectivity index (χ1) is 5.72. The number of hydrogen-bond acceptors (Lipinski definition) is 2. The van der Waals surface area contributed by atoms with Crippen LogP contribution in [0.15, 0.2) is 0 Å². The third-order valence-corrected chi connectivity index (χ3v) is 4.41. The van der Waals surface area contributed by atoms with Crippen LogP contribution in [0.4, 0.5) is 0 Å². The van der Waals surface area contributed by atoms with Gasteiger partial charge in [-0.05, 0) is 50.5 Å². The molecule has 2 N–H and O–H groups in total. The van der Waals surface area contributed by atoms with Gasteiger partial charge < -0.3 is 10.4 Å². The van der Waals surface area contributed by atoms with Crippen LogP contribution in [-0.4, -0.2) is 23.8 Å². The van der Waals surface area contributed by atoms with Gasteiger partial charge in [-0.15, -0.1) is 0 Å². The van der Waals surface area contributed by atoms with E-state index in [4.69, 9.17) is 0 Å². The molecule has 0 aromatic rings. The summed E-state index contributed by atoms with van der Waals surface area (Å²) < 4.78 is 0. The Morgan fingerprint density at radius 3 is 2.67 bits per heavy atom. The molecular formula is C10H17NO. The molecule has 4 aliphatic carbocycles. The molecule has 4 saturated carbocycles. The molecule has 0 saturated heterocycles. The lowest BCUT2D eigenvalue weighted by molar-refractivity contribution is -0.0188. The van der Waals surface area contributed by atoms with Crippen LogP contribution in [0.2, 0.25) is 0 Å². The summed E-state index contributed by atoms with van der Waals surface area (Å²) in [5, 5.41) is 13.5. The molecule has 4 aliphatic rings. The zero-order valence-electron chi connectivity index (χ0n) is 7.59. The molecule has 0 amide bonds. The van der Waals surface area contributed by atoms with Crippen molar-refractivity contribution in [1.82, 2.24) is 5.32 Å². The van der Waals surface area contributed by atoms with Crippen molar-refractivity contribution in [3.63, 3.8) is 0 Å². The smallest absolute Gasteiger partial charge is 0.0657 e.